The summed E-state index contributed by atoms with van der Waals surface area (Å²) in [7, 11) is 0. The number of hydrogen-bond donors (Lipinski definition) is 1. The van der Waals surface area contributed by atoms with Crippen molar-refractivity contribution in [2.75, 3.05) is 6.54 Å². The van der Waals surface area contributed by atoms with E-state index in [1.54, 1.807) is 29.9 Å². The van der Waals surface area contributed by atoms with Crippen LogP contribution in [0.25, 0.3) is 11.4 Å². The van der Waals surface area contributed by atoms with Gasteiger partial charge in [0.15, 0.2) is 5.82 Å². The van der Waals surface area contributed by atoms with Crippen molar-refractivity contribution in [3.8, 4) is 17.5 Å². The molecule has 1 aromatic carbocycles. The van der Waals surface area contributed by atoms with E-state index in [-0.39, 0.29) is 12.0 Å². The molecule has 4 rings (SSSR count). The molecule has 3 heterocycles. The Hall–Kier alpha value is -3.22. The van der Waals surface area contributed by atoms with Crippen molar-refractivity contribution in [1.29, 1.82) is 5.26 Å². The molecule has 0 aliphatic carbocycles. The predicted octanol–water partition coefficient (Wildman–Crippen LogP) is 2.99. The van der Waals surface area contributed by atoms with Gasteiger partial charge in [0.05, 0.1) is 13.1 Å². The van der Waals surface area contributed by atoms with Gasteiger partial charge in [0.2, 0.25) is 0 Å². The summed E-state index contributed by atoms with van der Waals surface area (Å²) >= 11 is 0. The lowest BCUT2D eigenvalue weighted by Gasteiger charge is -2.42. The van der Waals surface area contributed by atoms with Gasteiger partial charge in [-0.3, -0.25) is 4.90 Å². The van der Waals surface area contributed by atoms with Gasteiger partial charge >= 0.3 is 0 Å². The number of aromatic nitrogens is 4. The molecule has 0 saturated heterocycles. The highest BCUT2D eigenvalue weighted by Crippen LogP contribution is 2.35. The minimum absolute atomic E-state index is 0.0836. The van der Waals surface area contributed by atoms with Gasteiger partial charge in [-0.1, -0.05) is 13.0 Å². The number of aliphatic hydroxyl groups is 1. The predicted molar refractivity (Wildman–Crippen MR) is 108 cm³/mol. The number of halogens is 2. The molecule has 0 saturated carbocycles. The summed E-state index contributed by atoms with van der Waals surface area (Å²) in [5, 5.41) is 24.8. The Bertz CT molecular complexity index is 1140. The summed E-state index contributed by atoms with van der Waals surface area (Å²) in [5.41, 5.74) is -0.376. The van der Waals surface area contributed by atoms with E-state index >= 15 is 0 Å². The number of fused-ring (bicyclic) bond motifs is 1. The van der Waals surface area contributed by atoms with Crippen molar-refractivity contribution < 1.29 is 13.9 Å². The zero-order valence-electron chi connectivity index (χ0n) is 17.3. The highest BCUT2D eigenvalue weighted by molar-refractivity contribution is 5.53. The third kappa shape index (κ3) is 3.80. The maximum atomic E-state index is 14.5. The van der Waals surface area contributed by atoms with Crippen LogP contribution in [-0.4, -0.2) is 42.3 Å². The fourth-order valence-electron chi connectivity index (χ4n) is 4.05. The Morgan fingerprint density at radius 3 is 2.71 bits per heavy atom. The molecule has 3 aromatic rings. The normalized spacial score (nSPS) is 16.9. The fourth-order valence-corrected chi connectivity index (χ4v) is 4.05. The van der Waals surface area contributed by atoms with Crippen LogP contribution in [-0.2, 0) is 18.7 Å². The van der Waals surface area contributed by atoms with Crippen LogP contribution in [0.15, 0.2) is 36.5 Å². The molecule has 1 aliphatic rings. The van der Waals surface area contributed by atoms with E-state index in [0.29, 0.717) is 36.7 Å². The molecule has 9 heteroatoms. The van der Waals surface area contributed by atoms with E-state index in [4.69, 9.17) is 5.26 Å². The fraction of sp³-hybridized carbons (Fsp3) is 0.364. The van der Waals surface area contributed by atoms with Gasteiger partial charge in [-0.25, -0.2) is 23.4 Å². The average molecular weight is 424 g/mol. The van der Waals surface area contributed by atoms with Crippen LogP contribution in [0.1, 0.15) is 37.4 Å². The zero-order valence-corrected chi connectivity index (χ0v) is 17.3. The van der Waals surface area contributed by atoms with Crippen molar-refractivity contribution in [1.82, 2.24) is 24.6 Å². The van der Waals surface area contributed by atoms with Gasteiger partial charge < -0.3 is 5.11 Å². The van der Waals surface area contributed by atoms with Crippen LogP contribution in [0, 0.1) is 23.0 Å². The molecule has 0 spiro atoms. The Morgan fingerprint density at radius 2 is 2.06 bits per heavy atom. The van der Waals surface area contributed by atoms with Crippen molar-refractivity contribution in [3.63, 3.8) is 0 Å². The summed E-state index contributed by atoms with van der Waals surface area (Å²) in [5.74, 6) is -0.206. The van der Waals surface area contributed by atoms with E-state index in [0.717, 1.165) is 18.0 Å². The number of rotatable bonds is 5. The van der Waals surface area contributed by atoms with Gasteiger partial charge in [-0.2, -0.15) is 10.4 Å². The van der Waals surface area contributed by atoms with Gasteiger partial charge in [0.1, 0.15) is 34.8 Å². The van der Waals surface area contributed by atoms with Crippen LogP contribution in [0.5, 0.6) is 0 Å². The molecule has 160 valence electrons. The minimum Gasteiger partial charge on any atom is -0.383 e. The molecule has 0 bridgehead atoms. The average Bonchev–Trinajstić information content (AvgIpc) is 3.21. The maximum absolute atomic E-state index is 14.5. The van der Waals surface area contributed by atoms with Gasteiger partial charge in [-0.05, 0) is 31.5 Å². The molecule has 0 fully saturated rings. The third-order valence-electron chi connectivity index (χ3n) is 6.00. The Kier molecular flexibility index (Phi) is 5.52. The first-order valence-corrected chi connectivity index (χ1v) is 10.1. The van der Waals surface area contributed by atoms with Crippen LogP contribution < -0.4 is 0 Å². The van der Waals surface area contributed by atoms with Crippen molar-refractivity contribution in [2.45, 2.75) is 45.0 Å². The van der Waals surface area contributed by atoms with Crippen molar-refractivity contribution in [3.05, 3.63) is 65.2 Å². The largest absolute Gasteiger partial charge is 0.383 e. The lowest BCUT2D eigenvalue weighted by atomic mass is 9.83. The first kappa shape index (κ1) is 21.0. The molecule has 1 N–H and O–H groups in total. The number of benzene rings is 1. The summed E-state index contributed by atoms with van der Waals surface area (Å²) < 4.78 is 29.7. The minimum atomic E-state index is -1.49. The Balaban J connectivity index is 1.58. The second-order valence-electron chi connectivity index (χ2n) is 7.67. The van der Waals surface area contributed by atoms with E-state index in [1.165, 1.54) is 6.07 Å². The van der Waals surface area contributed by atoms with Gasteiger partial charge in [0.25, 0.3) is 0 Å². The highest BCUT2D eigenvalue weighted by Gasteiger charge is 2.40. The number of pyridine rings is 1. The third-order valence-corrected chi connectivity index (χ3v) is 6.00. The van der Waals surface area contributed by atoms with Crippen LogP contribution in [0.4, 0.5) is 8.78 Å². The quantitative estimate of drug-likeness (QED) is 0.677. The van der Waals surface area contributed by atoms with Crippen LogP contribution in [0.2, 0.25) is 0 Å². The summed E-state index contributed by atoms with van der Waals surface area (Å²) in [6.07, 6.45) is 1.83. The maximum Gasteiger partial charge on any atom is 0.182 e. The lowest BCUT2D eigenvalue weighted by Crippen LogP contribution is -2.51. The zero-order chi connectivity index (χ0) is 22.2. The molecule has 2 aromatic heterocycles. The molecule has 0 unspecified atom stereocenters. The van der Waals surface area contributed by atoms with E-state index < -0.39 is 23.3 Å². The number of nitrogens with zero attached hydrogens (tertiary/aromatic N) is 6. The van der Waals surface area contributed by atoms with Gasteiger partial charge in [0, 0.05) is 36.0 Å². The molecular weight excluding hydrogens is 402 g/mol. The second kappa shape index (κ2) is 8.13. The molecule has 1 aliphatic heterocycles. The van der Waals surface area contributed by atoms with Gasteiger partial charge in [-0.15, -0.1) is 0 Å². The highest BCUT2D eigenvalue weighted by atomic mass is 19.1. The molecule has 7 nitrogen and oxygen atoms in total. The summed E-state index contributed by atoms with van der Waals surface area (Å²) in [6, 6.07) is 8.17. The molecule has 2 atom stereocenters. The SMILES string of the molecule is CC[C@](O)(c1ccc(F)cc1F)[C@@H](C)N1CCn2nc(-c3ccc(C#N)nc3)nc2C1. The van der Waals surface area contributed by atoms with Crippen molar-refractivity contribution in [2.24, 2.45) is 0 Å². The second-order valence-corrected chi connectivity index (χ2v) is 7.67. The molecule has 0 radical (unpaired) electrons. The first-order valence-electron chi connectivity index (χ1n) is 10.1. The summed E-state index contributed by atoms with van der Waals surface area (Å²) in [6.45, 7) is 5.18. The Morgan fingerprint density at radius 1 is 1.26 bits per heavy atom. The summed E-state index contributed by atoms with van der Waals surface area (Å²) in [4.78, 5) is 10.7. The molecule has 31 heavy (non-hydrogen) atoms. The number of hydrogen-bond acceptors (Lipinski definition) is 6. The molecule has 0 amide bonds. The van der Waals surface area contributed by atoms with Crippen LogP contribution >= 0.6 is 0 Å². The van der Waals surface area contributed by atoms with Crippen molar-refractivity contribution >= 4 is 0 Å². The van der Waals surface area contributed by atoms with E-state index in [2.05, 4.69) is 15.1 Å². The van der Waals surface area contributed by atoms with E-state index in [9.17, 15) is 13.9 Å². The molecular formula is C22H22F2N6O. The van der Waals surface area contributed by atoms with Crippen LogP contribution in [0.3, 0.4) is 0 Å². The smallest absolute Gasteiger partial charge is 0.182 e. The topological polar surface area (TPSA) is 90.9 Å². The van der Waals surface area contributed by atoms with E-state index in [1.807, 2.05) is 17.9 Å². The lowest BCUT2D eigenvalue weighted by molar-refractivity contribution is -0.0602. The first-order chi connectivity index (χ1) is 14.9. The number of nitriles is 1. The monoisotopic (exact) mass is 424 g/mol. The Labute approximate surface area is 178 Å². The standard InChI is InChI=1S/C22H22F2N6O/c1-3-22(31,18-7-5-16(23)10-19(18)24)14(2)29-8-9-30-20(13-29)27-21(28-30)15-4-6-17(11-25)26-12-15/h4-7,10,12,14,31H,3,8-9,13H2,1-2H3/t14-,22-/m1/s1.